The average molecular weight is 326 g/mol. The summed E-state index contributed by atoms with van der Waals surface area (Å²) in [4.78, 5) is 15.6. The Morgan fingerprint density at radius 3 is 2.71 bits per heavy atom. The van der Waals surface area contributed by atoms with Crippen LogP contribution in [0, 0.1) is 6.92 Å². The second-order valence-corrected chi connectivity index (χ2v) is 5.52. The van der Waals surface area contributed by atoms with E-state index >= 15 is 0 Å². The molecule has 0 amide bonds. The van der Waals surface area contributed by atoms with Crippen LogP contribution in [0.2, 0.25) is 0 Å². The van der Waals surface area contributed by atoms with Crippen molar-refractivity contribution in [3.63, 3.8) is 0 Å². The van der Waals surface area contributed by atoms with Crippen LogP contribution in [0.4, 0.5) is 0 Å². The third-order valence-corrected chi connectivity index (χ3v) is 3.79. The minimum atomic E-state index is -1.06. The largest absolute Gasteiger partial charge is 0.490 e. The fourth-order valence-corrected chi connectivity index (χ4v) is 2.65. The number of imidazole rings is 1. The first-order valence-corrected chi connectivity index (χ1v) is 7.61. The van der Waals surface area contributed by atoms with Crippen LogP contribution in [0.1, 0.15) is 16.2 Å². The van der Waals surface area contributed by atoms with E-state index in [1.54, 1.807) is 18.2 Å². The lowest BCUT2D eigenvalue weighted by Crippen LogP contribution is -2.24. The van der Waals surface area contributed by atoms with Crippen LogP contribution in [-0.2, 0) is 6.54 Å². The molecular formula is C18H18N2O4. The molecule has 6 heteroatoms. The Kier molecular flexibility index (Phi) is 4.48. The maximum atomic E-state index is 11.2. The molecule has 1 aromatic heterocycles. The zero-order chi connectivity index (χ0) is 17.1. The molecule has 3 rings (SSSR count). The molecule has 0 aliphatic heterocycles. The SMILES string of the molecule is Cc1nc2ccccc2n1C[C@@H](O)COc1ccccc1C(=O)O. The second-order valence-electron chi connectivity index (χ2n) is 5.52. The van der Waals surface area contributed by atoms with Crippen molar-refractivity contribution >= 4 is 17.0 Å². The van der Waals surface area contributed by atoms with Crippen LogP contribution >= 0.6 is 0 Å². The summed E-state index contributed by atoms with van der Waals surface area (Å²) < 4.78 is 7.42. The first-order chi connectivity index (χ1) is 11.6. The predicted molar refractivity (Wildman–Crippen MR) is 89.4 cm³/mol. The number of carboxylic acid groups (broad SMARTS) is 1. The minimum Gasteiger partial charge on any atom is -0.490 e. The zero-order valence-electron chi connectivity index (χ0n) is 13.2. The molecule has 2 N–H and O–H groups in total. The molecule has 0 saturated heterocycles. The molecule has 1 heterocycles. The van der Waals surface area contributed by atoms with Gasteiger partial charge < -0.3 is 19.5 Å². The van der Waals surface area contributed by atoms with Gasteiger partial charge in [0.15, 0.2) is 0 Å². The summed E-state index contributed by atoms with van der Waals surface area (Å²) in [5.41, 5.74) is 1.90. The van der Waals surface area contributed by atoms with E-state index in [1.165, 1.54) is 6.07 Å². The second kappa shape index (κ2) is 6.72. The first kappa shape index (κ1) is 16.0. The van der Waals surface area contributed by atoms with E-state index in [9.17, 15) is 9.90 Å². The molecule has 124 valence electrons. The van der Waals surface area contributed by atoms with Crippen LogP contribution < -0.4 is 4.74 Å². The molecule has 0 aliphatic carbocycles. The number of ether oxygens (including phenoxy) is 1. The van der Waals surface area contributed by atoms with Crippen molar-refractivity contribution < 1.29 is 19.7 Å². The number of hydrogen-bond donors (Lipinski definition) is 2. The first-order valence-electron chi connectivity index (χ1n) is 7.61. The van der Waals surface area contributed by atoms with Crippen molar-refractivity contribution in [2.75, 3.05) is 6.61 Å². The predicted octanol–water partition coefficient (Wildman–Crippen LogP) is 2.48. The lowest BCUT2D eigenvalue weighted by Gasteiger charge is -2.15. The molecule has 3 aromatic rings. The molecule has 0 radical (unpaired) electrons. The van der Waals surface area contributed by atoms with E-state index in [0.29, 0.717) is 6.54 Å². The Morgan fingerprint density at radius 1 is 1.21 bits per heavy atom. The molecule has 0 bridgehead atoms. The van der Waals surface area contributed by atoms with E-state index in [4.69, 9.17) is 9.84 Å². The average Bonchev–Trinajstić information content (AvgIpc) is 2.89. The quantitative estimate of drug-likeness (QED) is 0.727. The van der Waals surface area contributed by atoms with E-state index in [1.807, 2.05) is 35.8 Å². The minimum absolute atomic E-state index is 0.00373. The smallest absolute Gasteiger partial charge is 0.339 e. The number of rotatable bonds is 6. The summed E-state index contributed by atoms with van der Waals surface area (Å²) in [6.07, 6.45) is -0.789. The number of benzene rings is 2. The maximum absolute atomic E-state index is 11.2. The summed E-state index contributed by atoms with van der Waals surface area (Å²) in [7, 11) is 0. The van der Waals surface area contributed by atoms with Crippen molar-refractivity contribution in [3.05, 3.63) is 59.9 Å². The number of aromatic carboxylic acids is 1. The van der Waals surface area contributed by atoms with Gasteiger partial charge in [-0.1, -0.05) is 24.3 Å². The third-order valence-electron chi connectivity index (χ3n) is 3.79. The standard InChI is InChI=1S/C18H18N2O4/c1-12-19-15-7-3-4-8-16(15)20(12)10-13(21)11-24-17-9-5-2-6-14(17)18(22)23/h2-9,13,21H,10-11H2,1H3,(H,22,23)/t13-/m1/s1. The molecular weight excluding hydrogens is 308 g/mol. The Hall–Kier alpha value is -2.86. The van der Waals surface area contributed by atoms with Crippen molar-refractivity contribution in [2.45, 2.75) is 19.6 Å². The number of carboxylic acids is 1. The van der Waals surface area contributed by atoms with Crippen molar-refractivity contribution in [2.24, 2.45) is 0 Å². The van der Waals surface area contributed by atoms with Gasteiger partial charge in [0.05, 0.1) is 17.6 Å². The van der Waals surface area contributed by atoms with Crippen LogP contribution in [0.25, 0.3) is 11.0 Å². The number of nitrogens with zero attached hydrogens (tertiary/aromatic N) is 2. The summed E-state index contributed by atoms with van der Waals surface area (Å²) >= 11 is 0. The van der Waals surface area contributed by atoms with Gasteiger partial charge in [-0.05, 0) is 31.2 Å². The van der Waals surface area contributed by atoms with Gasteiger partial charge in [0, 0.05) is 0 Å². The van der Waals surface area contributed by atoms with Gasteiger partial charge >= 0.3 is 5.97 Å². The lowest BCUT2D eigenvalue weighted by atomic mass is 10.2. The Balaban J connectivity index is 1.71. The number of aliphatic hydroxyl groups is 1. The topological polar surface area (TPSA) is 84.6 Å². The third kappa shape index (κ3) is 3.23. The lowest BCUT2D eigenvalue weighted by molar-refractivity contribution is 0.0677. The molecule has 0 unspecified atom stereocenters. The molecule has 24 heavy (non-hydrogen) atoms. The number of aryl methyl sites for hydroxylation is 1. The highest BCUT2D eigenvalue weighted by Gasteiger charge is 2.15. The summed E-state index contributed by atoms with van der Waals surface area (Å²) in [6.45, 7) is 2.20. The van der Waals surface area contributed by atoms with Gasteiger partial charge in [0.1, 0.15) is 29.8 Å². The zero-order valence-corrected chi connectivity index (χ0v) is 13.2. The molecule has 0 saturated carbocycles. The number of para-hydroxylation sites is 3. The molecule has 0 spiro atoms. The van der Waals surface area contributed by atoms with Gasteiger partial charge in [-0.15, -0.1) is 0 Å². The Bertz CT molecular complexity index is 872. The summed E-state index contributed by atoms with van der Waals surface area (Å²) in [6, 6.07) is 14.1. The number of fused-ring (bicyclic) bond motifs is 1. The Morgan fingerprint density at radius 2 is 1.92 bits per heavy atom. The normalized spacial score (nSPS) is 12.2. The highest BCUT2D eigenvalue weighted by atomic mass is 16.5. The van der Waals surface area contributed by atoms with Gasteiger partial charge in [-0.3, -0.25) is 0 Å². The van der Waals surface area contributed by atoms with Gasteiger partial charge in [0.2, 0.25) is 0 Å². The Labute approximate surface area is 138 Å². The van der Waals surface area contributed by atoms with Crippen LogP contribution in [0.15, 0.2) is 48.5 Å². The van der Waals surface area contributed by atoms with E-state index < -0.39 is 12.1 Å². The highest BCUT2D eigenvalue weighted by Crippen LogP contribution is 2.19. The number of carbonyl (C=O) groups is 1. The number of aliphatic hydroxyl groups excluding tert-OH is 1. The van der Waals surface area contributed by atoms with E-state index in [0.717, 1.165) is 16.9 Å². The fourth-order valence-electron chi connectivity index (χ4n) is 2.65. The molecule has 0 aliphatic rings. The van der Waals surface area contributed by atoms with E-state index in [-0.39, 0.29) is 17.9 Å². The molecule has 2 aromatic carbocycles. The summed E-state index contributed by atoms with van der Waals surface area (Å²) in [5.74, 6) is -0.00557. The number of hydrogen-bond acceptors (Lipinski definition) is 4. The maximum Gasteiger partial charge on any atom is 0.339 e. The van der Waals surface area contributed by atoms with Crippen LogP contribution in [0.3, 0.4) is 0 Å². The van der Waals surface area contributed by atoms with Crippen molar-refractivity contribution in [1.82, 2.24) is 9.55 Å². The number of aromatic nitrogens is 2. The highest BCUT2D eigenvalue weighted by molar-refractivity contribution is 5.90. The van der Waals surface area contributed by atoms with E-state index in [2.05, 4.69) is 4.98 Å². The van der Waals surface area contributed by atoms with Crippen molar-refractivity contribution in [1.29, 1.82) is 0 Å². The fraction of sp³-hybridized carbons (Fsp3) is 0.222. The molecule has 0 fully saturated rings. The monoisotopic (exact) mass is 326 g/mol. The van der Waals surface area contributed by atoms with Crippen LogP contribution in [0.5, 0.6) is 5.75 Å². The van der Waals surface area contributed by atoms with Gasteiger partial charge in [0.25, 0.3) is 0 Å². The van der Waals surface area contributed by atoms with Crippen LogP contribution in [-0.4, -0.2) is 38.4 Å². The summed E-state index contributed by atoms with van der Waals surface area (Å²) in [5, 5.41) is 19.4. The van der Waals surface area contributed by atoms with Crippen molar-refractivity contribution in [3.8, 4) is 5.75 Å². The van der Waals surface area contributed by atoms with Gasteiger partial charge in [-0.2, -0.15) is 0 Å². The molecule has 1 atom stereocenters. The van der Waals surface area contributed by atoms with Gasteiger partial charge in [-0.25, -0.2) is 9.78 Å². The molecule has 6 nitrogen and oxygen atoms in total.